The van der Waals surface area contributed by atoms with Gasteiger partial charge in [-0.25, -0.2) is 9.59 Å². The fourth-order valence-corrected chi connectivity index (χ4v) is 2.34. The summed E-state index contributed by atoms with van der Waals surface area (Å²) in [6, 6.07) is 8.49. The molecule has 3 rings (SSSR count). The molecule has 0 heterocycles. The van der Waals surface area contributed by atoms with Crippen molar-refractivity contribution in [2.45, 2.75) is 0 Å². The first-order chi connectivity index (χ1) is 14.2. The van der Waals surface area contributed by atoms with Crippen LogP contribution in [0.4, 0.5) is 0 Å². The van der Waals surface area contributed by atoms with Crippen LogP contribution >= 0.6 is 0 Å². The Hall–Kier alpha value is -4.60. The molecule has 0 bridgehead atoms. The lowest BCUT2D eigenvalue weighted by Gasteiger charge is -2.13. The van der Waals surface area contributed by atoms with Crippen molar-refractivity contribution in [2.24, 2.45) is 0 Å². The molecule has 0 spiro atoms. The Morgan fingerprint density at radius 1 is 0.600 bits per heavy atom. The van der Waals surface area contributed by atoms with Gasteiger partial charge in [0.2, 0.25) is 0 Å². The van der Waals surface area contributed by atoms with Crippen LogP contribution in [0.2, 0.25) is 0 Å². The number of aromatic hydroxyl groups is 4. The van der Waals surface area contributed by atoms with Crippen LogP contribution in [0.1, 0.15) is 20.7 Å². The van der Waals surface area contributed by atoms with Crippen molar-refractivity contribution in [1.29, 1.82) is 0 Å². The van der Waals surface area contributed by atoms with E-state index in [1.165, 1.54) is 24.3 Å². The number of carbonyl (C=O) groups is 2. The Bertz CT molecular complexity index is 998. The quantitative estimate of drug-likeness (QED) is 0.358. The van der Waals surface area contributed by atoms with Crippen LogP contribution in [0.25, 0.3) is 0 Å². The molecule has 154 valence electrons. The predicted octanol–water partition coefficient (Wildman–Crippen LogP) is 1.09. The van der Waals surface area contributed by atoms with E-state index in [4.69, 9.17) is 9.47 Å². The summed E-state index contributed by atoms with van der Waals surface area (Å²) in [5.74, 6) is -7.18. The van der Waals surface area contributed by atoms with Crippen molar-refractivity contribution in [3.8, 4) is 46.0 Å². The number of rotatable bonds is 4. The third-order valence-electron chi connectivity index (χ3n) is 3.82. The lowest BCUT2D eigenvalue weighted by molar-refractivity contribution is -0.272. The second-order valence-electron chi connectivity index (χ2n) is 5.94. The molecular formula is C20H12O10-2. The first kappa shape index (κ1) is 20.1. The van der Waals surface area contributed by atoms with Crippen LogP contribution in [0, 0.1) is 0 Å². The molecule has 0 aromatic heterocycles. The molecule has 0 amide bonds. The summed E-state index contributed by atoms with van der Waals surface area (Å²) in [5.41, 5.74) is -0.525. The van der Waals surface area contributed by atoms with E-state index in [1.807, 2.05) is 0 Å². The number of ether oxygens (including phenoxy) is 2. The topological polar surface area (TPSA) is 180 Å². The summed E-state index contributed by atoms with van der Waals surface area (Å²) < 4.78 is 10.1. The molecule has 0 saturated carbocycles. The number of carbonyl (C=O) groups excluding carboxylic acids is 2. The number of phenolic OH excluding ortho intramolecular Hbond substituents is 4. The Labute approximate surface area is 168 Å². The second-order valence-corrected chi connectivity index (χ2v) is 5.94. The van der Waals surface area contributed by atoms with Gasteiger partial charge in [-0.2, -0.15) is 0 Å². The minimum Gasteiger partial charge on any atom is -0.867 e. The van der Waals surface area contributed by atoms with E-state index >= 15 is 0 Å². The highest BCUT2D eigenvalue weighted by Gasteiger charge is 2.14. The lowest BCUT2D eigenvalue weighted by Crippen LogP contribution is -2.10. The van der Waals surface area contributed by atoms with Crippen molar-refractivity contribution in [1.82, 2.24) is 0 Å². The highest BCUT2D eigenvalue weighted by molar-refractivity contribution is 5.93. The maximum absolute atomic E-state index is 12.1. The van der Waals surface area contributed by atoms with E-state index in [2.05, 4.69) is 0 Å². The van der Waals surface area contributed by atoms with Gasteiger partial charge in [0.25, 0.3) is 0 Å². The Balaban J connectivity index is 1.69. The number of phenols is 4. The summed E-state index contributed by atoms with van der Waals surface area (Å²) in [6.07, 6.45) is 0. The molecule has 10 heteroatoms. The zero-order valence-corrected chi connectivity index (χ0v) is 14.9. The summed E-state index contributed by atoms with van der Waals surface area (Å²) in [5, 5.41) is 60.0. The number of hydrogen-bond donors (Lipinski definition) is 4. The van der Waals surface area contributed by atoms with Gasteiger partial charge in [0, 0.05) is 0 Å². The number of benzene rings is 3. The minimum atomic E-state index is -1.02. The Morgan fingerprint density at radius 3 is 1.13 bits per heavy atom. The fourth-order valence-electron chi connectivity index (χ4n) is 2.34. The van der Waals surface area contributed by atoms with E-state index in [1.54, 1.807) is 0 Å². The second kappa shape index (κ2) is 7.80. The lowest BCUT2D eigenvalue weighted by atomic mass is 10.2. The molecular weight excluding hydrogens is 400 g/mol. The highest BCUT2D eigenvalue weighted by atomic mass is 16.5. The summed E-state index contributed by atoms with van der Waals surface area (Å²) >= 11 is 0. The normalized spacial score (nSPS) is 10.4. The first-order valence-corrected chi connectivity index (χ1v) is 8.16. The van der Waals surface area contributed by atoms with E-state index in [-0.39, 0.29) is 22.6 Å². The number of esters is 2. The van der Waals surface area contributed by atoms with Crippen LogP contribution in [0.3, 0.4) is 0 Å². The maximum atomic E-state index is 12.1. The van der Waals surface area contributed by atoms with Crippen LogP contribution < -0.4 is 19.7 Å². The molecule has 4 N–H and O–H groups in total. The summed E-state index contributed by atoms with van der Waals surface area (Å²) in [4.78, 5) is 24.1. The van der Waals surface area contributed by atoms with Gasteiger partial charge >= 0.3 is 11.9 Å². The largest absolute Gasteiger partial charge is 0.867 e. The first-order valence-electron chi connectivity index (χ1n) is 8.16. The van der Waals surface area contributed by atoms with Crippen molar-refractivity contribution >= 4 is 11.9 Å². The summed E-state index contributed by atoms with van der Waals surface area (Å²) in [7, 11) is 0. The molecule has 3 aromatic rings. The van der Waals surface area contributed by atoms with Gasteiger partial charge in [-0.3, -0.25) is 0 Å². The average Bonchev–Trinajstić information content (AvgIpc) is 2.70. The van der Waals surface area contributed by atoms with Crippen molar-refractivity contribution in [3.63, 3.8) is 0 Å². The Morgan fingerprint density at radius 2 is 0.867 bits per heavy atom. The van der Waals surface area contributed by atoms with Gasteiger partial charge in [0.1, 0.15) is 34.5 Å². The molecule has 10 nitrogen and oxygen atoms in total. The molecule has 30 heavy (non-hydrogen) atoms. The summed E-state index contributed by atoms with van der Waals surface area (Å²) in [6.45, 7) is 0. The van der Waals surface area contributed by atoms with Gasteiger partial charge in [-0.15, -0.1) is 0 Å². The van der Waals surface area contributed by atoms with Crippen molar-refractivity contribution < 1.29 is 49.7 Å². The Kier molecular flexibility index (Phi) is 5.23. The molecule has 0 radical (unpaired) electrons. The van der Waals surface area contributed by atoms with E-state index in [0.29, 0.717) is 0 Å². The zero-order valence-electron chi connectivity index (χ0n) is 14.9. The molecule has 0 unspecified atom stereocenters. The third kappa shape index (κ3) is 4.12. The third-order valence-corrected chi connectivity index (χ3v) is 3.82. The average molecular weight is 412 g/mol. The number of hydrogen-bond acceptors (Lipinski definition) is 10. The van der Waals surface area contributed by atoms with Crippen LogP contribution in [-0.4, -0.2) is 32.4 Å². The molecule has 0 fully saturated rings. The molecule has 0 atom stereocenters. The molecule has 0 saturated heterocycles. The standard InChI is InChI=1S/C20H14O10/c21-13-5-9(6-14(22)17(13)25)19(27)29-11-1-2-12(4-3-11)30-20(28)10-7-15(23)18(26)16(24)8-10/h1-8,21-26H/p-2. The fraction of sp³-hybridized carbons (Fsp3) is 0. The molecule has 0 aliphatic rings. The van der Waals surface area contributed by atoms with Gasteiger partial charge in [-0.1, -0.05) is 0 Å². The van der Waals surface area contributed by atoms with E-state index < -0.39 is 46.4 Å². The van der Waals surface area contributed by atoms with Crippen molar-refractivity contribution in [2.75, 3.05) is 0 Å². The van der Waals surface area contributed by atoms with Gasteiger partial charge in [-0.05, 0) is 60.0 Å². The van der Waals surface area contributed by atoms with Crippen LogP contribution in [-0.2, 0) is 0 Å². The van der Waals surface area contributed by atoms with Crippen LogP contribution in [0.5, 0.6) is 46.0 Å². The minimum absolute atomic E-state index is 0.0241. The maximum Gasteiger partial charge on any atom is 0.343 e. The van der Waals surface area contributed by atoms with Gasteiger partial charge in [0.05, 0.1) is 11.1 Å². The van der Waals surface area contributed by atoms with Gasteiger partial charge < -0.3 is 40.1 Å². The zero-order chi connectivity index (χ0) is 22.0. The molecule has 3 aromatic carbocycles. The van der Waals surface area contributed by atoms with E-state index in [0.717, 1.165) is 24.3 Å². The smallest absolute Gasteiger partial charge is 0.343 e. The van der Waals surface area contributed by atoms with Crippen molar-refractivity contribution in [3.05, 3.63) is 59.7 Å². The van der Waals surface area contributed by atoms with Gasteiger partial charge in [0.15, 0.2) is 0 Å². The van der Waals surface area contributed by atoms with Crippen LogP contribution in [0.15, 0.2) is 48.5 Å². The highest BCUT2D eigenvalue weighted by Crippen LogP contribution is 2.34. The molecule has 0 aliphatic heterocycles. The molecule has 0 aliphatic carbocycles. The predicted molar refractivity (Wildman–Crippen MR) is 94.8 cm³/mol. The SMILES string of the molecule is O=C(Oc1ccc(OC(=O)c2cc(O)c([O-])c(O)c2)cc1)c1cc(O)c([O-])c(O)c1. The van der Waals surface area contributed by atoms with E-state index in [9.17, 15) is 40.2 Å². The monoisotopic (exact) mass is 412 g/mol.